The summed E-state index contributed by atoms with van der Waals surface area (Å²) in [5, 5.41) is 11.4. The molecular weight excluding hydrogens is 749 g/mol. The first-order valence-corrected chi connectivity index (χ1v) is 19.5. The van der Waals surface area contributed by atoms with Crippen LogP contribution in [-0.4, -0.2) is 91.0 Å². The van der Waals surface area contributed by atoms with Crippen molar-refractivity contribution >= 4 is 23.8 Å². The molecule has 3 aromatic carbocycles. The van der Waals surface area contributed by atoms with Crippen LogP contribution < -0.4 is 5.32 Å². The van der Waals surface area contributed by atoms with Gasteiger partial charge in [0.1, 0.15) is 23.3 Å². The lowest BCUT2D eigenvalue weighted by Crippen LogP contribution is -2.48. The van der Waals surface area contributed by atoms with E-state index >= 15 is 0 Å². The van der Waals surface area contributed by atoms with Gasteiger partial charge in [0.2, 0.25) is 5.91 Å². The van der Waals surface area contributed by atoms with Gasteiger partial charge in [0.05, 0.1) is 38.0 Å². The average Bonchev–Trinajstić information content (AvgIpc) is 4.04. The Bertz CT molecular complexity index is 2300. The van der Waals surface area contributed by atoms with Crippen molar-refractivity contribution in [2.24, 2.45) is 5.92 Å². The van der Waals surface area contributed by atoms with Gasteiger partial charge in [-0.3, -0.25) is 14.6 Å². The monoisotopic (exact) mass is 794 g/mol. The maximum Gasteiger partial charge on any atom is 0.331 e. The summed E-state index contributed by atoms with van der Waals surface area (Å²) in [6.07, 6.45) is 9.18. The van der Waals surface area contributed by atoms with Gasteiger partial charge in [-0.2, -0.15) is 0 Å². The Morgan fingerprint density at radius 3 is 2.00 bits per heavy atom. The van der Waals surface area contributed by atoms with Gasteiger partial charge >= 0.3 is 11.9 Å². The Morgan fingerprint density at radius 1 is 0.831 bits per heavy atom. The number of aromatic nitrogens is 6. The van der Waals surface area contributed by atoms with Crippen LogP contribution in [-0.2, 0) is 35.8 Å². The van der Waals surface area contributed by atoms with Crippen LogP contribution >= 0.6 is 0 Å². The Kier molecular flexibility index (Phi) is 12.1. The molecule has 14 heteroatoms. The van der Waals surface area contributed by atoms with E-state index in [9.17, 15) is 19.2 Å². The topological polar surface area (TPSA) is 163 Å². The Balaban J connectivity index is 1.13. The summed E-state index contributed by atoms with van der Waals surface area (Å²) in [6.45, 7) is 4.25. The van der Waals surface area contributed by atoms with Gasteiger partial charge in [-0.1, -0.05) is 110 Å². The smallest absolute Gasteiger partial charge is 0.331 e. The number of nitrogens with one attached hydrogen (secondary N) is 1. The lowest BCUT2D eigenvalue weighted by Gasteiger charge is -2.37. The molecule has 302 valence electrons. The summed E-state index contributed by atoms with van der Waals surface area (Å²) >= 11 is 0. The number of imidazole rings is 1. The summed E-state index contributed by atoms with van der Waals surface area (Å²) in [4.78, 5) is 63.2. The minimum absolute atomic E-state index is 0.137. The molecule has 4 heterocycles. The number of carbonyl (C=O) groups excluding carboxylic acids is 4. The van der Waals surface area contributed by atoms with Crippen LogP contribution in [0.2, 0.25) is 0 Å². The molecule has 2 amide bonds. The number of amides is 2. The maximum atomic E-state index is 13.4. The van der Waals surface area contributed by atoms with Crippen LogP contribution in [0.15, 0.2) is 128 Å². The first kappa shape index (κ1) is 40.2. The Hall–Kier alpha value is -6.96. The summed E-state index contributed by atoms with van der Waals surface area (Å²) < 4.78 is 13.7. The molecule has 1 saturated heterocycles. The average molecular weight is 795 g/mol. The zero-order valence-corrected chi connectivity index (χ0v) is 33.3. The predicted octanol–water partition coefficient (Wildman–Crippen LogP) is 5.25. The minimum Gasteiger partial charge on any atom is -0.467 e. The minimum atomic E-state index is -0.926. The fourth-order valence-corrected chi connectivity index (χ4v) is 7.84. The Morgan fingerprint density at radius 2 is 1.42 bits per heavy atom. The van der Waals surface area contributed by atoms with E-state index in [-0.39, 0.29) is 23.8 Å². The molecule has 0 radical (unpaired) electrons. The summed E-state index contributed by atoms with van der Waals surface area (Å²) in [7, 11) is 2.62. The molecule has 0 saturated carbocycles. The fourth-order valence-electron chi connectivity index (χ4n) is 7.84. The van der Waals surface area contributed by atoms with E-state index in [4.69, 9.17) is 14.5 Å². The van der Waals surface area contributed by atoms with E-state index < -0.39 is 41.5 Å². The van der Waals surface area contributed by atoms with Crippen molar-refractivity contribution in [2.45, 2.75) is 56.8 Å². The molecule has 1 aliphatic rings. The van der Waals surface area contributed by atoms with Crippen molar-refractivity contribution in [3.8, 4) is 11.3 Å². The lowest BCUT2D eigenvalue weighted by molar-refractivity contribution is -0.152. The number of pyridine rings is 1. The number of ether oxygens (including phenoxy) is 2. The van der Waals surface area contributed by atoms with Gasteiger partial charge in [0.15, 0.2) is 6.04 Å². The number of carbonyl (C=O) groups is 4. The summed E-state index contributed by atoms with van der Waals surface area (Å²) in [6, 6.07) is 29.8. The molecule has 3 aromatic heterocycles. The number of methoxy groups -OCH3 is 2. The highest BCUT2D eigenvalue weighted by atomic mass is 16.5. The Labute approximate surface area is 342 Å². The van der Waals surface area contributed by atoms with Gasteiger partial charge in [0, 0.05) is 37.1 Å². The van der Waals surface area contributed by atoms with Crippen LogP contribution in [0.4, 0.5) is 0 Å². The molecule has 0 spiro atoms. The molecule has 59 heavy (non-hydrogen) atoms. The normalized spacial score (nSPS) is 15.2. The summed E-state index contributed by atoms with van der Waals surface area (Å²) in [5.41, 5.74) is 3.95. The van der Waals surface area contributed by atoms with Crippen molar-refractivity contribution in [3.05, 3.63) is 156 Å². The summed E-state index contributed by atoms with van der Waals surface area (Å²) in [5.74, 6) is -1.72. The van der Waals surface area contributed by atoms with Gasteiger partial charge < -0.3 is 24.3 Å². The van der Waals surface area contributed by atoms with E-state index in [1.54, 1.807) is 18.6 Å². The SMILES string of the molecule is COC(=O)[C@@H](Cc1cn(C(c2ccccc2)(c2ccccc2)c2ccccc2)cn1)n1cc(-c2cncc(C(=O)N[C@@H]3CCN([C@@H](CC(C)C)C(=O)OC)C3=O)c2)nn1. The molecule has 0 bridgehead atoms. The van der Waals surface area contributed by atoms with E-state index in [2.05, 4.69) is 61.6 Å². The number of hydrogen-bond acceptors (Lipinski definition) is 10. The van der Waals surface area contributed by atoms with Crippen molar-refractivity contribution in [2.75, 3.05) is 20.8 Å². The standard InChI is InChI=1S/C45H46N8O6/c1-30(2)22-39(43(56)58-3)52-21-20-37(42(52)55)48-41(54)32-23-31(25-46-26-32)38-28-53(50-49-38)40(44(57)59-4)24-36-27-51(29-47-36)45(33-14-8-5-9-15-33,34-16-10-6-11-17-34)35-18-12-7-13-19-35/h5-19,23,25-30,37,39-40H,20-22,24H2,1-4H3,(H,48,54)/t37-,39+,40-/m1/s1. The van der Waals surface area contributed by atoms with Crippen LogP contribution in [0.3, 0.4) is 0 Å². The van der Waals surface area contributed by atoms with Gasteiger partial charge in [-0.05, 0) is 41.5 Å². The largest absolute Gasteiger partial charge is 0.467 e. The van der Waals surface area contributed by atoms with Gasteiger partial charge in [0.25, 0.3) is 5.91 Å². The van der Waals surface area contributed by atoms with Crippen LogP contribution in [0.25, 0.3) is 11.3 Å². The zero-order chi connectivity index (χ0) is 41.5. The molecule has 7 rings (SSSR count). The van der Waals surface area contributed by atoms with Crippen molar-refractivity contribution in [1.29, 1.82) is 0 Å². The highest BCUT2D eigenvalue weighted by molar-refractivity contribution is 5.99. The van der Waals surface area contributed by atoms with Crippen molar-refractivity contribution in [1.82, 2.24) is 39.7 Å². The van der Waals surface area contributed by atoms with Crippen LogP contribution in [0.5, 0.6) is 0 Å². The third kappa shape index (κ3) is 8.24. The molecule has 0 aliphatic carbocycles. The lowest BCUT2D eigenvalue weighted by atomic mass is 9.77. The number of rotatable bonds is 15. The number of nitrogens with zero attached hydrogens (tertiary/aromatic N) is 7. The first-order chi connectivity index (χ1) is 28.6. The molecule has 1 N–H and O–H groups in total. The maximum absolute atomic E-state index is 13.4. The third-order valence-corrected chi connectivity index (χ3v) is 10.7. The van der Waals surface area contributed by atoms with E-state index in [0.29, 0.717) is 36.3 Å². The van der Waals surface area contributed by atoms with E-state index in [1.807, 2.05) is 74.6 Å². The van der Waals surface area contributed by atoms with Crippen molar-refractivity contribution < 1.29 is 28.7 Å². The van der Waals surface area contributed by atoms with Crippen LogP contribution in [0, 0.1) is 5.92 Å². The number of benzene rings is 3. The molecule has 3 atom stereocenters. The molecule has 0 unspecified atom stereocenters. The number of hydrogen-bond donors (Lipinski definition) is 1. The van der Waals surface area contributed by atoms with E-state index in [1.165, 1.54) is 36.2 Å². The fraction of sp³-hybridized carbons (Fsp3) is 0.289. The molecule has 1 fully saturated rings. The second-order valence-corrected chi connectivity index (χ2v) is 14.9. The van der Waals surface area contributed by atoms with E-state index in [0.717, 1.165) is 16.7 Å². The quantitative estimate of drug-likeness (QED) is 0.107. The molecule has 6 aromatic rings. The highest BCUT2D eigenvalue weighted by Crippen LogP contribution is 2.41. The third-order valence-electron chi connectivity index (χ3n) is 10.7. The van der Waals surface area contributed by atoms with Crippen molar-refractivity contribution in [3.63, 3.8) is 0 Å². The zero-order valence-electron chi connectivity index (χ0n) is 33.3. The second-order valence-electron chi connectivity index (χ2n) is 14.9. The number of likely N-dealkylation sites (tertiary alicyclic amines) is 1. The van der Waals surface area contributed by atoms with Crippen LogP contribution in [0.1, 0.15) is 65.5 Å². The predicted molar refractivity (Wildman–Crippen MR) is 218 cm³/mol. The molecule has 14 nitrogen and oxygen atoms in total. The van der Waals surface area contributed by atoms with Gasteiger partial charge in [-0.15, -0.1) is 5.10 Å². The first-order valence-electron chi connectivity index (χ1n) is 19.5. The molecule has 1 aliphatic heterocycles. The van der Waals surface area contributed by atoms with Gasteiger partial charge in [-0.25, -0.2) is 19.3 Å². The highest BCUT2D eigenvalue weighted by Gasteiger charge is 2.41. The number of esters is 2. The second kappa shape index (κ2) is 17.7. The molecular formula is C45H46N8O6.